The summed E-state index contributed by atoms with van der Waals surface area (Å²) in [6.07, 6.45) is 6.92. The highest BCUT2D eigenvalue weighted by Gasteiger charge is 2.53. The largest absolute Gasteiger partial charge is 0.313 e. The van der Waals surface area contributed by atoms with Crippen LogP contribution >= 0.6 is 0 Å². The number of hydrogen-bond donors (Lipinski definition) is 2. The van der Waals surface area contributed by atoms with E-state index in [2.05, 4.69) is 45.3 Å². The summed E-state index contributed by atoms with van der Waals surface area (Å²) in [5, 5.41) is 7.83. The van der Waals surface area contributed by atoms with E-state index in [1.807, 2.05) is 0 Å². The number of Topliss-reactive ketones (excluding diaryl/α,β-unsaturated/α-hetero) is 1. The fraction of sp³-hybridized carbons (Fsp3) is 0.952. The summed E-state index contributed by atoms with van der Waals surface area (Å²) in [5.41, 5.74) is 0.150. The number of piperidine rings is 1. The van der Waals surface area contributed by atoms with Crippen molar-refractivity contribution in [3.63, 3.8) is 0 Å². The number of rotatable bonds is 4. The molecule has 7 atom stereocenters. The van der Waals surface area contributed by atoms with Gasteiger partial charge < -0.3 is 10.6 Å². The van der Waals surface area contributed by atoms with Crippen LogP contribution in [0.25, 0.3) is 0 Å². The molecular formula is C21H38N2O. The Hall–Kier alpha value is -0.410. The lowest BCUT2D eigenvalue weighted by Crippen LogP contribution is -2.69. The highest BCUT2D eigenvalue weighted by atomic mass is 16.1. The van der Waals surface area contributed by atoms with Crippen LogP contribution in [0.1, 0.15) is 73.1 Å². The maximum atomic E-state index is 13.0. The van der Waals surface area contributed by atoms with E-state index in [0.717, 1.165) is 31.2 Å². The molecule has 0 radical (unpaired) electrons. The molecule has 2 aliphatic carbocycles. The number of nitrogens with one attached hydrogen (secondary N) is 2. The molecule has 0 bridgehead atoms. The van der Waals surface area contributed by atoms with E-state index in [4.69, 9.17) is 0 Å². The zero-order chi connectivity index (χ0) is 17.5. The van der Waals surface area contributed by atoms with E-state index in [1.165, 1.54) is 25.7 Å². The first-order valence-corrected chi connectivity index (χ1v) is 10.3. The number of carbonyl (C=O) groups excluding carboxylic acids is 1. The number of ketones is 1. The molecule has 3 fully saturated rings. The van der Waals surface area contributed by atoms with Gasteiger partial charge in [-0.3, -0.25) is 4.79 Å². The molecule has 7 unspecified atom stereocenters. The first kappa shape index (κ1) is 18.4. The van der Waals surface area contributed by atoms with Crippen molar-refractivity contribution >= 4 is 5.78 Å². The van der Waals surface area contributed by atoms with E-state index in [9.17, 15) is 4.79 Å². The molecule has 0 aromatic rings. The number of carbonyl (C=O) groups is 1. The molecule has 3 heteroatoms. The second kappa shape index (κ2) is 7.07. The fourth-order valence-corrected chi connectivity index (χ4v) is 6.03. The topological polar surface area (TPSA) is 41.1 Å². The molecule has 3 aliphatic rings. The monoisotopic (exact) mass is 334 g/mol. The predicted molar refractivity (Wildman–Crippen MR) is 100.0 cm³/mol. The van der Waals surface area contributed by atoms with Gasteiger partial charge in [0.05, 0.1) is 0 Å². The number of hydrogen-bond acceptors (Lipinski definition) is 3. The Bertz CT molecular complexity index is 461. The first-order chi connectivity index (χ1) is 11.3. The van der Waals surface area contributed by atoms with Gasteiger partial charge in [-0.1, -0.05) is 41.0 Å². The zero-order valence-corrected chi connectivity index (χ0v) is 16.4. The van der Waals surface area contributed by atoms with Gasteiger partial charge in [-0.15, -0.1) is 0 Å². The van der Waals surface area contributed by atoms with E-state index < -0.39 is 0 Å². The lowest BCUT2D eigenvalue weighted by molar-refractivity contribution is -0.135. The van der Waals surface area contributed by atoms with Gasteiger partial charge in [0, 0.05) is 30.5 Å². The third kappa shape index (κ3) is 3.58. The van der Waals surface area contributed by atoms with Gasteiger partial charge >= 0.3 is 0 Å². The van der Waals surface area contributed by atoms with Crippen molar-refractivity contribution in [3.8, 4) is 0 Å². The van der Waals surface area contributed by atoms with Crippen LogP contribution in [0.15, 0.2) is 0 Å². The second-order valence-electron chi connectivity index (χ2n) is 9.89. The van der Waals surface area contributed by atoms with Crippen LogP contribution in [-0.2, 0) is 4.79 Å². The predicted octanol–water partition coefficient (Wildman–Crippen LogP) is 3.77. The quantitative estimate of drug-likeness (QED) is 0.769. The summed E-state index contributed by atoms with van der Waals surface area (Å²) in [6, 6.07) is 1.35. The molecule has 0 amide bonds. The molecule has 3 nitrogen and oxygen atoms in total. The SMILES string of the molecule is CCCCNC1C2CC(C)CC(C)C2NC2CC(C)(C)CC(=O)C21. The Morgan fingerprint density at radius 1 is 1.25 bits per heavy atom. The minimum atomic E-state index is 0.150. The molecule has 1 saturated heterocycles. The van der Waals surface area contributed by atoms with Gasteiger partial charge in [-0.2, -0.15) is 0 Å². The van der Waals surface area contributed by atoms with Crippen molar-refractivity contribution in [1.29, 1.82) is 0 Å². The molecule has 0 spiro atoms. The minimum Gasteiger partial charge on any atom is -0.313 e. The smallest absolute Gasteiger partial charge is 0.139 e. The Morgan fingerprint density at radius 2 is 2.00 bits per heavy atom. The van der Waals surface area contributed by atoms with Crippen LogP contribution in [0.2, 0.25) is 0 Å². The van der Waals surface area contributed by atoms with Crippen molar-refractivity contribution in [2.24, 2.45) is 29.1 Å². The molecule has 2 N–H and O–H groups in total. The van der Waals surface area contributed by atoms with Crippen LogP contribution in [0.4, 0.5) is 0 Å². The third-order valence-corrected chi connectivity index (χ3v) is 6.92. The van der Waals surface area contributed by atoms with Gasteiger partial charge in [0.2, 0.25) is 0 Å². The van der Waals surface area contributed by atoms with Crippen molar-refractivity contribution < 1.29 is 4.79 Å². The second-order valence-corrected chi connectivity index (χ2v) is 9.89. The van der Waals surface area contributed by atoms with Gasteiger partial charge in [-0.25, -0.2) is 0 Å². The summed E-state index contributed by atoms with van der Waals surface area (Å²) in [4.78, 5) is 13.0. The number of fused-ring (bicyclic) bond motifs is 2. The molecule has 1 heterocycles. The summed E-state index contributed by atoms with van der Waals surface area (Å²) in [6.45, 7) is 12.6. The zero-order valence-electron chi connectivity index (χ0n) is 16.4. The average molecular weight is 335 g/mol. The number of unbranched alkanes of at least 4 members (excludes halogenated alkanes) is 1. The Labute approximate surface area is 148 Å². The van der Waals surface area contributed by atoms with Crippen LogP contribution < -0.4 is 10.6 Å². The van der Waals surface area contributed by atoms with Crippen molar-refractivity contribution in [1.82, 2.24) is 10.6 Å². The normalized spacial score (nSPS) is 44.7. The van der Waals surface area contributed by atoms with E-state index in [-0.39, 0.29) is 11.3 Å². The highest BCUT2D eigenvalue weighted by molar-refractivity contribution is 5.84. The maximum Gasteiger partial charge on any atom is 0.139 e. The fourth-order valence-electron chi connectivity index (χ4n) is 6.03. The Morgan fingerprint density at radius 3 is 2.71 bits per heavy atom. The Kier molecular flexibility index (Phi) is 5.42. The van der Waals surface area contributed by atoms with E-state index >= 15 is 0 Å². The van der Waals surface area contributed by atoms with Gasteiger partial charge in [-0.05, 0) is 55.4 Å². The van der Waals surface area contributed by atoms with Crippen LogP contribution in [0, 0.1) is 29.1 Å². The van der Waals surface area contributed by atoms with E-state index in [0.29, 0.717) is 29.8 Å². The third-order valence-electron chi connectivity index (χ3n) is 6.92. The molecule has 1 aliphatic heterocycles. The van der Waals surface area contributed by atoms with Gasteiger partial charge in [0.15, 0.2) is 0 Å². The molecule has 0 aromatic heterocycles. The lowest BCUT2D eigenvalue weighted by Gasteiger charge is -2.56. The van der Waals surface area contributed by atoms with Gasteiger partial charge in [0.25, 0.3) is 0 Å². The van der Waals surface area contributed by atoms with Crippen molar-refractivity contribution in [3.05, 3.63) is 0 Å². The summed E-state index contributed by atoms with van der Waals surface area (Å²) in [5.74, 6) is 2.81. The molecule has 2 saturated carbocycles. The first-order valence-electron chi connectivity index (χ1n) is 10.3. The molecule has 0 aromatic carbocycles. The molecular weight excluding hydrogens is 296 g/mol. The van der Waals surface area contributed by atoms with Crippen molar-refractivity contribution in [2.45, 2.75) is 91.3 Å². The average Bonchev–Trinajstić information content (AvgIpc) is 2.46. The highest BCUT2D eigenvalue weighted by Crippen LogP contribution is 2.46. The standard InChI is InChI=1S/C21H38N2O/c1-6-7-8-22-20-15-10-13(2)9-14(3)19(15)23-16-11-21(4,5)12-17(24)18(16)20/h13-16,18-20,22-23H,6-12H2,1-5H3. The van der Waals surface area contributed by atoms with E-state index in [1.54, 1.807) is 0 Å². The van der Waals surface area contributed by atoms with Crippen LogP contribution in [-0.4, -0.2) is 30.5 Å². The van der Waals surface area contributed by atoms with Crippen LogP contribution in [0.5, 0.6) is 0 Å². The summed E-state index contributed by atoms with van der Waals surface area (Å²) >= 11 is 0. The van der Waals surface area contributed by atoms with Crippen LogP contribution in [0.3, 0.4) is 0 Å². The maximum absolute atomic E-state index is 13.0. The minimum absolute atomic E-state index is 0.150. The van der Waals surface area contributed by atoms with Crippen molar-refractivity contribution in [2.75, 3.05) is 6.54 Å². The lowest BCUT2D eigenvalue weighted by atomic mass is 9.58. The van der Waals surface area contributed by atoms with Gasteiger partial charge in [0.1, 0.15) is 5.78 Å². The summed E-state index contributed by atoms with van der Waals surface area (Å²) < 4.78 is 0. The molecule has 24 heavy (non-hydrogen) atoms. The molecule has 138 valence electrons. The molecule has 3 rings (SSSR count). The Balaban J connectivity index is 1.85. The summed E-state index contributed by atoms with van der Waals surface area (Å²) in [7, 11) is 0.